The molecule has 1 amide bonds. The highest BCUT2D eigenvalue weighted by atomic mass is 16.6. The van der Waals surface area contributed by atoms with Crippen LogP contribution in [0, 0.1) is 15.5 Å². The number of hydrogen-bond acceptors (Lipinski definition) is 4. The van der Waals surface area contributed by atoms with Gasteiger partial charge in [-0.15, -0.1) is 0 Å². The van der Waals surface area contributed by atoms with Crippen molar-refractivity contribution in [3.8, 4) is 0 Å². The van der Waals surface area contributed by atoms with Gasteiger partial charge >= 0.3 is 0 Å². The van der Waals surface area contributed by atoms with Gasteiger partial charge in [0.1, 0.15) is 0 Å². The molecule has 3 N–H and O–H groups in total. The summed E-state index contributed by atoms with van der Waals surface area (Å²) in [6.07, 6.45) is 0. The van der Waals surface area contributed by atoms with Crippen molar-refractivity contribution < 1.29 is 9.72 Å². The van der Waals surface area contributed by atoms with E-state index in [2.05, 4.69) is 5.32 Å². The Labute approximate surface area is 112 Å². The Morgan fingerprint density at radius 3 is 2.58 bits per heavy atom. The molecule has 0 aromatic heterocycles. The zero-order chi connectivity index (χ0) is 14.6. The molecular weight excluding hydrogens is 246 g/mol. The third-order valence-corrected chi connectivity index (χ3v) is 3.12. The Bertz CT molecular complexity index is 486. The van der Waals surface area contributed by atoms with Gasteiger partial charge < -0.3 is 11.1 Å². The predicted molar refractivity (Wildman–Crippen MR) is 72.5 cm³/mol. The maximum atomic E-state index is 11.2. The molecule has 0 spiro atoms. The molecule has 1 aromatic rings. The van der Waals surface area contributed by atoms with Gasteiger partial charge in [0.25, 0.3) is 5.69 Å². The summed E-state index contributed by atoms with van der Waals surface area (Å²) in [6, 6.07) is 6.31. The van der Waals surface area contributed by atoms with Gasteiger partial charge in [0.2, 0.25) is 5.91 Å². The third kappa shape index (κ3) is 3.75. The molecule has 0 fully saturated rings. The molecular formula is C13H19N3O3. The molecule has 0 radical (unpaired) electrons. The fourth-order valence-electron chi connectivity index (χ4n) is 1.63. The number of carbonyl (C=O) groups is 1. The maximum absolute atomic E-state index is 11.2. The van der Waals surface area contributed by atoms with Gasteiger partial charge in [-0.05, 0) is 20.8 Å². The van der Waals surface area contributed by atoms with Crippen molar-refractivity contribution in [3.63, 3.8) is 0 Å². The Morgan fingerprint density at radius 1 is 1.47 bits per heavy atom. The molecule has 6 nitrogen and oxygen atoms in total. The second-order valence-corrected chi connectivity index (χ2v) is 5.17. The van der Waals surface area contributed by atoms with Crippen LogP contribution in [0.15, 0.2) is 24.3 Å². The first kappa shape index (κ1) is 15.1. The van der Waals surface area contributed by atoms with E-state index in [1.165, 1.54) is 6.07 Å². The van der Waals surface area contributed by atoms with Gasteiger partial charge in [-0.25, -0.2) is 0 Å². The summed E-state index contributed by atoms with van der Waals surface area (Å²) in [5.74, 6) is -0.408. The summed E-state index contributed by atoms with van der Waals surface area (Å²) in [5.41, 5.74) is 5.25. The first-order valence-electron chi connectivity index (χ1n) is 6.02. The molecule has 0 saturated carbocycles. The average molecular weight is 265 g/mol. The summed E-state index contributed by atoms with van der Waals surface area (Å²) >= 11 is 0. The monoisotopic (exact) mass is 265 g/mol. The van der Waals surface area contributed by atoms with Crippen molar-refractivity contribution in [2.75, 3.05) is 6.54 Å². The first-order chi connectivity index (χ1) is 8.75. The van der Waals surface area contributed by atoms with Crippen LogP contribution in [0.2, 0.25) is 0 Å². The fraction of sp³-hybridized carbons (Fsp3) is 0.462. The normalized spacial score (nSPS) is 13.0. The van der Waals surface area contributed by atoms with Crippen molar-refractivity contribution in [2.45, 2.75) is 26.8 Å². The molecule has 1 rings (SSSR count). The minimum absolute atomic E-state index is 0.0689. The largest absolute Gasteiger partial charge is 0.369 e. The van der Waals surface area contributed by atoms with Gasteiger partial charge in [0.15, 0.2) is 0 Å². The van der Waals surface area contributed by atoms with E-state index in [-0.39, 0.29) is 11.7 Å². The quantitative estimate of drug-likeness (QED) is 0.604. The van der Waals surface area contributed by atoms with Gasteiger partial charge in [-0.2, -0.15) is 0 Å². The number of nitrogens with zero attached hydrogens (tertiary/aromatic N) is 1. The molecule has 0 saturated heterocycles. The molecule has 104 valence electrons. The van der Waals surface area contributed by atoms with Crippen molar-refractivity contribution in [1.29, 1.82) is 0 Å². The Kier molecular flexibility index (Phi) is 4.61. The SMILES string of the molecule is CC(NCC(C)(C)C(N)=O)c1ccccc1[N+](=O)[O-]. The molecule has 0 aliphatic heterocycles. The lowest BCUT2D eigenvalue weighted by Crippen LogP contribution is -2.41. The molecule has 0 aliphatic carbocycles. The van der Waals surface area contributed by atoms with Crippen LogP contribution in [-0.2, 0) is 4.79 Å². The molecule has 1 atom stereocenters. The Balaban J connectivity index is 2.82. The second-order valence-electron chi connectivity index (χ2n) is 5.17. The maximum Gasteiger partial charge on any atom is 0.274 e. The van der Waals surface area contributed by atoms with Gasteiger partial charge in [0, 0.05) is 24.2 Å². The van der Waals surface area contributed by atoms with E-state index >= 15 is 0 Å². The standard InChI is InChI=1S/C13H19N3O3/c1-9(15-8-13(2,3)12(14)17)10-6-4-5-7-11(10)16(18)19/h4-7,9,15H,8H2,1-3H3,(H2,14,17). The van der Waals surface area contributed by atoms with Crippen molar-refractivity contribution in [2.24, 2.45) is 11.1 Å². The number of nitro benzene ring substituents is 1. The smallest absolute Gasteiger partial charge is 0.274 e. The second kappa shape index (κ2) is 5.79. The number of hydrogen-bond donors (Lipinski definition) is 2. The van der Waals surface area contributed by atoms with Crippen LogP contribution in [0.3, 0.4) is 0 Å². The van der Waals surface area contributed by atoms with Gasteiger partial charge in [-0.3, -0.25) is 14.9 Å². The first-order valence-corrected chi connectivity index (χ1v) is 6.02. The van der Waals surface area contributed by atoms with Crippen molar-refractivity contribution in [1.82, 2.24) is 5.32 Å². The van der Waals surface area contributed by atoms with Crippen molar-refractivity contribution >= 4 is 11.6 Å². The van der Waals surface area contributed by atoms with E-state index in [4.69, 9.17) is 5.73 Å². The number of nitrogens with one attached hydrogen (secondary N) is 1. The number of amides is 1. The molecule has 19 heavy (non-hydrogen) atoms. The number of benzene rings is 1. The third-order valence-electron chi connectivity index (χ3n) is 3.12. The van der Waals surface area contributed by atoms with E-state index in [9.17, 15) is 14.9 Å². The van der Waals surface area contributed by atoms with Crippen LogP contribution < -0.4 is 11.1 Å². The van der Waals surface area contributed by atoms with Crippen LogP contribution >= 0.6 is 0 Å². The number of nitro groups is 1. The van der Waals surface area contributed by atoms with Crippen molar-refractivity contribution in [3.05, 3.63) is 39.9 Å². The zero-order valence-electron chi connectivity index (χ0n) is 11.3. The molecule has 1 unspecified atom stereocenters. The van der Waals surface area contributed by atoms with Gasteiger partial charge in [0.05, 0.1) is 10.3 Å². The summed E-state index contributed by atoms with van der Waals surface area (Å²) in [5, 5.41) is 14.0. The van der Waals surface area contributed by atoms with E-state index in [0.717, 1.165) is 0 Å². The van der Waals surface area contributed by atoms with Crippen LogP contribution in [0.1, 0.15) is 32.4 Å². The van der Waals surface area contributed by atoms with Crippen LogP contribution in [0.25, 0.3) is 0 Å². The summed E-state index contributed by atoms with van der Waals surface area (Å²) in [7, 11) is 0. The van der Waals surface area contributed by atoms with E-state index in [1.807, 2.05) is 6.92 Å². The molecule has 0 heterocycles. The summed E-state index contributed by atoms with van der Waals surface area (Å²) in [6.45, 7) is 5.64. The zero-order valence-corrected chi connectivity index (χ0v) is 11.3. The lowest BCUT2D eigenvalue weighted by Gasteiger charge is -2.24. The molecule has 0 aliphatic rings. The Hall–Kier alpha value is -1.95. The van der Waals surface area contributed by atoms with Gasteiger partial charge in [-0.1, -0.05) is 18.2 Å². The van der Waals surface area contributed by atoms with Crippen LogP contribution in [0.4, 0.5) is 5.69 Å². The van der Waals surface area contributed by atoms with E-state index in [1.54, 1.807) is 32.0 Å². The highest BCUT2D eigenvalue weighted by Crippen LogP contribution is 2.25. The van der Waals surface area contributed by atoms with E-state index < -0.39 is 16.2 Å². The molecule has 1 aromatic carbocycles. The fourth-order valence-corrected chi connectivity index (χ4v) is 1.63. The Morgan fingerprint density at radius 2 is 2.05 bits per heavy atom. The average Bonchev–Trinajstić information content (AvgIpc) is 2.35. The minimum atomic E-state index is -0.697. The number of nitrogens with two attached hydrogens (primary N) is 1. The lowest BCUT2D eigenvalue weighted by atomic mass is 9.92. The summed E-state index contributed by atoms with van der Waals surface area (Å²) in [4.78, 5) is 21.7. The van der Waals surface area contributed by atoms with E-state index in [0.29, 0.717) is 12.1 Å². The number of carbonyl (C=O) groups excluding carboxylic acids is 1. The predicted octanol–water partition coefficient (Wildman–Crippen LogP) is 1.76. The lowest BCUT2D eigenvalue weighted by molar-refractivity contribution is -0.385. The number of rotatable bonds is 6. The molecule has 0 bridgehead atoms. The highest BCUT2D eigenvalue weighted by Gasteiger charge is 2.26. The van der Waals surface area contributed by atoms with Crippen LogP contribution in [-0.4, -0.2) is 17.4 Å². The number of primary amides is 1. The molecule has 6 heteroatoms. The topological polar surface area (TPSA) is 98.3 Å². The minimum Gasteiger partial charge on any atom is -0.369 e. The highest BCUT2D eigenvalue weighted by molar-refractivity contribution is 5.80. The van der Waals surface area contributed by atoms with Crippen LogP contribution in [0.5, 0.6) is 0 Å². The number of para-hydroxylation sites is 1. The summed E-state index contributed by atoms with van der Waals surface area (Å²) < 4.78 is 0.